The largest absolute Gasteiger partial charge is 0.480 e. The number of halogens is 2. The second-order valence-electron chi connectivity index (χ2n) is 6.03. The molecule has 0 aromatic heterocycles. The first-order chi connectivity index (χ1) is 10.3. The molecule has 1 amide bonds. The fourth-order valence-electron chi connectivity index (χ4n) is 2.80. The molecule has 1 aromatic carbocycles. The van der Waals surface area contributed by atoms with Crippen LogP contribution in [0.3, 0.4) is 0 Å². The number of carboxylic acids is 1. The van der Waals surface area contributed by atoms with Crippen molar-refractivity contribution in [2.24, 2.45) is 5.92 Å². The van der Waals surface area contributed by atoms with Crippen molar-refractivity contribution in [2.45, 2.75) is 44.6 Å². The van der Waals surface area contributed by atoms with Crippen LogP contribution in [0.1, 0.15) is 38.2 Å². The summed E-state index contributed by atoms with van der Waals surface area (Å²) < 4.78 is 0. The van der Waals surface area contributed by atoms with E-state index in [9.17, 15) is 14.7 Å². The van der Waals surface area contributed by atoms with E-state index in [0.717, 1.165) is 12.8 Å². The molecule has 1 aromatic rings. The highest BCUT2D eigenvalue weighted by atomic mass is 35.5. The molecule has 0 unspecified atom stereocenters. The molecule has 1 fully saturated rings. The number of aliphatic carboxylic acids is 1. The third kappa shape index (κ3) is 3.93. The highest BCUT2D eigenvalue weighted by molar-refractivity contribution is 6.35. The van der Waals surface area contributed by atoms with Gasteiger partial charge in [0.15, 0.2) is 0 Å². The molecule has 0 heterocycles. The molecule has 0 radical (unpaired) electrons. The quantitative estimate of drug-likeness (QED) is 0.876. The summed E-state index contributed by atoms with van der Waals surface area (Å²) in [5.74, 6) is -0.800. The number of amides is 1. The van der Waals surface area contributed by atoms with Crippen LogP contribution >= 0.6 is 23.2 Å². The van der Waals surface area contributed by atoms with E-state index in [-0.39, 0.29) is 12.3 Å². The molecule has 120 valence electrons. The Labute approximate surface area is 139 Å². The molecule has 6 heteroatoms. The van der Waals surface area contributed by atoms with Gasteiger partial charge in [0.05, 0.1) is 6.42 Å². The molecular weight excluding hydrogens is 325 g/mol. The van der Waals surface area contributed by atoms with E-state index < -0.39 is 11.5 Å². The van der Waals surface area contributed by atoms with Gasteiger partial charge in [-0.15, -0.1) is 0 Å². The van der Waals surface area contributed by atoms with Crippen LogP contribution < -0.4 is 5.32 Å². The highest BCUT2D eigenvalue weighted by Gasteiger charge is 2.42. The second-order valence-corrected chi connectivity index (χ2v) is 6.87. The summed E-state index contributed by atoms with van der Waals surface area (Å²) in [6.07, 6.45) is 2.57. The first kappa shape index (κ1) is 17.1. The maximum atomic E-state index is 12.2. The summed E-state index contributed by atoms with van der Waals surface area (Å²) in [6, 6.07) is 4.91. The van der Waals surface area contributed by atoms with Gasteiger partial charge in [0, 0.05) is 10.0 Å². The normalized spacial score (nSPS) is 24.8. The van der Waals surface area contributed by atoms with Gasteiger partial charge in [0.1, 0.15) is 5.54 Å². The zero-order chi connectivity index (χ0) is 16.3. The molecule has 1 aliphatic rings. The Kier molecular flexibility index (Phi) is 5.35. The van der Waals surface area contributed by atoms with Crippen molar-refractivity contribution in [3.05, 3.63) is 33.8 Å². The van der Waals surface area contributed by atoms with Crippen LogP contribution in [-0.4, -0.2) is 22.5 Å². The number of nitrogens with one attached hydrogen (secondary N) is 1. The molecule has 0 bridgehead atoms. The summed E-state index contributed by atoms with van der Waals surface area (Å²) in [4.78, 5) is 23.9. The van der Waals surface area contributed by atoms with Crippen molar-refractivity contribution >= 4 is 35.1 Å². The minimum Gasteiger partial charge on any atom is -0.480 e. The molecule has 0 aliphatic heterocycles. The van der Waals surface area contributed by atoms with E-state index in [1.165, 1.54) is 0 Å². The van der Waals surface area contributed by atoms with Gasteiger partial charge in [-0.1, -0.05) is 36.2 Å². The molecule has 2 N–H and O–H groups in total. The van der Waals surface area contributed by atoms with E-state index in [0.29, 0.717) is 34.4 Å². The highest BCUT2D eigenvalue weighted by Crippen LogP contribution is 2.32. The zero-order valence-corrected chi connectivity index (χ0v) is 13.9. The Bertz CT molecular complexity index is 581. The maximum Gasteiger partial charge on any atom is 0.329 e. The molecule has 22 heavy (non-hydrogen) atoms. The van der Waals surface area contributed by atoms with Gasteiger partial charge in [0.2, 0.25) is 5.91 Å². The van der Waals surface area contributed by atoms with Crippen molar-refractivity contribution in [3.8, 4) is 0 Å². The van der Waals surface area contributed by atoms with Crippen LogP contribution in [0.4, 0.5) is 0 Å². The van der Waals surface area contributed by atoms with Crippen LogP contribution in [0.5, 0.6) is 0 Å². The van der Waals surface area contributed by atoms with Crippen LogP contribution in [-0.2, 0) is 16.0 Å². The van der Waals surface area contributed by atoms with E-state index in [2.05, 4.69) is 12.2 Å². The monoisotopic (exact) mass is 343 g/mol. The van der Waals surface area contributed by atoms with Gasteiger partial charge in [-0.3, -0.25) is 4.79 Å². The van der Waals surface area contributed by atoms with E-state index in [1.807, 2.05) is 0 Å². The Morgan fingerprint density at radius 3 is 2.50 bits per heavy atom. The summed E-state index contributed by atoms with van der Waals surface area (Å²) in [7, 11) is 0. The van der Waals surface area contributed by atoms with Crippen LogP contribution in [0.25, 0.3) is 0 Å². The minimum atomic E-state index is -1.15. The van der Waals surface area contributed by atoms with Crippen LogP contribution in [0.2, 0.25) is 10.0 Å². The number of rotatable bonds is 4. The minimum absolute atomic E-state index is 0.0422. The number of carbonyl (C=O) groups excluding carboxylic acids is 1. The average molecular weight is 344 g/mol. The van der Waals surface area contributed by atoms with E-state index in [1.54, 1.807) is 18.2 Å². The Morgan fingerprint density at radius 1 is 1.32 bits per heavy atom. The Hall–Kier alpha value is -1.26. The van der Waals surface area contributed by atoms with Gasteiger partial charge >= 0.3 is 5.97 Å². The van der Waals surface area contributed by atoms with Crippen molar-refractivity contribution in [1.29, 1.82) is 0 Å². The molecule has 1 aliphatic carbocycles. The number of hydrogen-bond acceptors (Lipinski definition) is 2. The van der Waals surface area contributed by atoms with Crippen LogP contribution in [0.15, 0.2) is 18.2 Å². The molecule has 2 rings (SSSR count). The molecule has 1 saturated carbocycles. The fraction of sp³-hybridized carbons (Fsp3) is 0.500. The molecule has 0 spiro atoms. The lowest BCUT2D eigenvalue weighted by atomic mass is 9.77. The maximum absolute atomic E-state index is 12.2. The van der Waals surface area contributed by atoms with Gasteiger partial charge in [0.25, 0.3) is 0 Å². The fourth-order valence-corrected chi connectivity index (χ4v) is 3.27. The van der Waals surface area contributed by atoms with E-state index in [4.69, 9.17) is 23.2 Å². The Morgan fingerprint density at radius 2 is 1.95 bits per heavy atom. The SMILES string of the molecule is CC1CCC(NC(=O)Cc2ccc(Cl)cc2Cl)(C(=O)O)CC1. The van der Waals surface area contributed by atoms with Crippen molar-refractivity contribution in [3.63, 3.8) is 0 Å². The summed E-state index contributed by atoms with van der Waals surface area (Å²) in [6.45, 7) is 2.10. The molecular formula is C16H19Cl2NO3. The van der Waals surface area contributed by atoms with Gasteiger partial charge in [-0.25, -0.2) is 4.79 Å². The van der Waals surface area contributed by atoms with E-state index >= 15 is 0 Å². The van der Waals surface area contributed by atoms with Crippen LogP contribution in [0, 0.1) is 5.92 Å². The second kappa shape index (κ2) is 6.88. The predicted molar refractivity (Wildman–Crippen MR) is 86.3 cm³/mol. The molecule has 0 saturated heterocycles. The number of benzene rings is 1. The zero-order valence-electron chi connectivity index (χ0n) is 12.4. The standard InChI is InChI=1S/C16H19Cl2NO3/c1-10-4-6-16(7-5-10,15(21)22)19-14(20)8-11-2-3-12(17)9-13(11)18/h2-3,9-10H,4-8H2,1H3,(H,19,20)(H,21,22). The number of carbonyl (C=O) groups is 2. The molecule has 0 atom stereocenters. The van der Waals surface area contributed by atoms with Gasteiger partial charge in [-0.2, -0.15) is 0 Å². The average Bonchev–Trinajstić information content (AvgIpc) is 2.44. The third-order valence-electron chi connectivity index (χ3n) is 4.28. The lowest BCUT2D eigenvalue weighted by molar-refractivity contribution is -0.149. The van der Waals surface area contributed by atoms with Crippen molar-refractivity contribution in [1.82, 2.24) is 5.32 Å². The number of hydrogen-bond donors (Lipinski definition) is 2. The topological polar surface area (TPSA) is 66.4 Å². The first-order valence-electron chi connectivity index (χ1n) is 7.31. The summed E-state index contributed by atoms with van der Waals surface area (Å²) in [5.41, 5.74) is -0.518. The summed E-state index contributed by atoms with van der Waals surface area (Å²) in [5, 5.41) is 13.1. The van der Waals surface area contributed by atoms with Crippen molar-refractivity contribution in [2.75, 3.05) is 0 Å². The lowest BCUT2D eigenvalue weighted by Gasteiger charge is -2.36. The number of carboxylic acid groups (broad SMARTS) is 1. The smallest absolute Gasteiger partial charge is 0.329 e. The Balaban J connectivity index is 2.07. The lowest BCUT2D eigenvalue weighted by Crippen LogP contribution is -2.56. The van der Waals surface area contributed by atoms with Crippen molar-refractivity contribution < 1.29 is 14.7 Å². The summed E-state index contributed by atoms with van der Waals surface area (Å²) >= 11 is 11.9. The van der Waals surface area contributed by atoms with Gasteiger partial charge in [-0.05, 0) is 49.3 Å². The van der Waals surface area contributed by atoms with Gasteiger partial charge < -0.3 is 10.4 Å². The molecule has 4 nitrogen and oxygen atoms in total. The third-order valence-corrected chi connectivity index (χ3v) is 4.87. The first-order valence-corrected chi connectivity index (χ1v) is 8.06. The predicted octanol–water partition coefficient (Wildman–Crippen LogP) is 3.69.